The minimum absolute atomic E-state index is 0.424. The highest BCUT2D eigenvalue weighted by molar-refractivity contribution is 5.28. The normalized spacial score (nSPS) is 19.4. The summed E-state index contributed by atoms with van der Waals surface area (Å²) in [5.74, 6) is 0.505. The van der Waals surface area contributed by atoms with Gasteiger partial charge >= 0.3 is 0 Å². The van der Waals surface area contributed by atoms with Crippen LogP contribution in [-0.4, -0.2) is 23.1 Å². The van der Waals surface area contributed by atoms with Crippen LogP contribution in [0.5, 0.6) is 0 Å². The van der Waals surface area contributed by atoms with E-state index in [-0.39, 0.29) is 0 Å². The average molecular weight is 267 g/mol. The van der Waals surface area contributed by atoms with Crippen LogP contribution in [0.2, 0.25) is 0 Å². The van der Waals surface area contributed by atoms with Crippen molar-refractivity contribution < 1.29 is 0 Å². The van der Waals surface area contributed by atoms with Crippen molar-refractivity contribution in [2.24, 2.45) is 0 Å². The van der Waals surface area contributed by atoms with Crippen LogP contribution >= 0.6 is 0 Å². The molecule has 0 radical (unpaired) electrons. The van der Waals surface area contributed by atoms with E-state index in [1.165, 1.54) is 36.1 Å². The third kappa shape index (κ3) is 2.73. The Kier molecular flexibility index (Phi) is 4.07. The van der Waals surface area contributed by atoms with Gasteiger partial charge < -0.3 is 5.32 Å². The molecule has 0 saturated carbocycles. The third-order valence-corrected chi connectivity index (χ3v) is 4.27. The lowest BCUT2D eigenvalue weighted by atomic mass is 9.80. The minimum atomic E-state index is 0.424. The molecule has 3 nitrogen and oxygen atoms in total. The number of aryl methyl sites for hydroxylation is 1. The summed E-state index contributed by atoms with van der Waals surface area (Å²) in [5, 5.41) is 3.49. The number of hydrogen-bond acceptors (Lipinski definition) is 3. The molecule has 0 fully saturated rings. The number of hydrogen-bond donors (Lipinski definition) is 1. The summed E-state index contributed by atoms with van der Waals surface area (Å²) >= 11 is 0. The first kappa shape index (κ1) is 13.3. The Morgan fingerprint density at radius 1 is 1.30 bits per heavy atom. The molecule has 3 heteroatoms. The first-order valence-electron chi connectivity index (χ1n) is 7.38. The van der Waals surface area contributed by atoms with Crippen molar-refractivity contribution >= 4 is 0 Å². The fourth-order valence-electron chi connectivity index (χ4n) is 3.26. The molecule has 0 aromatic carbocycles. The van der Waals surface area contributed by atoms with Gasteiger partial charge in [0.25, 0.3) is 0 Å². The lowest BCUT2D eigenvalue weighted by Crippen LogP contribution is -2.36. The highest BCUT2D eigenvalue weighted by Crippen LogP contribution is 2.33. The SMILES string of the molecule is CNC(Cc1cccnc1)C1CCCc2cccnc21. The van der Waals surface area contributed by atoms with Crippen LogP contribution in [-0.2, 0) is 12.8 Å². The molecule has 2 aromatic rings. The van der Waals surface area contributed by atoms with Crippen molar-refractivity contribution in [3.05, 3.63) is 59.7 Å². The minimum Gasteiger partial charge on any atom is -0.316 e. The molecule has 1 aliphatic carbocycles. The van der Waals surface area contributed by atoms with Gasteiger partial charge in [-0.2, -0.15) is 0 Å². The molecule has 20 heavy (non-hydrogen) atoms. The first-order valence-corrected chi connectivity index (χ1v) is 7.38. The van der Waals surface area contributed by atoms with E-state index in [2.05, 4.69) is 40.5 Å². The Bertz CT molecular complexity index is 553. The molecule has 0 saturated heterocycles. The van der Waals surface area contributed by atoms with Crippen LogP contribution in [0.15, 0.2) is 42.9 Å². The number of likely N-dealkylation sites (N-methyl/N-ethyl adjacent to an activating group) is 1. The zero-order valence-electron chi connectivity index (χ0n) is 11.9. The predicted molar refractivity (Wildman–Crippen MR) is 80.7 cm³/mol. The maximum atomic E-state index is 4.66. The summed E-state index contributed by atoms with van der Waals surface area (Å²) in [6, 6.07) is 8.87. The van der Waals surface area contributed by atoms with Gasteiger partial charge in [-0.25, -0.2) is 0 Å². The molecule has 0 aliphatic heterocycles. The van der Waals surface area contributed by atoms with E-state index < -0.39 is 0 Å². The van der Waals surface area contributed by atoms with E-state index in [9.17, 15) is 0 Å². The van der Waals surface area contributed by atoms with Crippen LogP contribution in [0.25, 0.3) is 0 Å². The van der Waals surface area contributed by atoms with Gasteiger partial charge in [0.1, 0.15) is 0 Å². The van der Waals surface area contributed by atoms with Crippen LogP contribution in [0.3, 0.4) is 0 Å². The Hall–Kier alpha value is -1.74. The highest BCUT2D eigenvalue weighted by atomic mass is 14.9. The molecule has 104 valence electrons. The summed E-state index contributed by atoms with van der Waals surface area (Å²) in [5.41, 5.74) is 4.01. The molecule has 2 aromatic heterocycles. The Morgan fingerprint density at radius 3 is 3.00 bits per heavy atom. The van der Waals surface area contributed by atoms with Gasteiger partial charge in [0, 0.05) is 36.2 Å². The molecule has 0 spiro atoms. The third-order valence-electron chi connectivity index (χ3n) is 4.27. The van der Waals surface area contributed by atoms with Crippen molar-refractivity contribution in [2.75, 3.05) is 7.05 Å². The number of pyridine rings is 2. The Morgan fingerprint density at radius 2 is 2.20 bits per heavy atom. The predicted octanol–water partition coefficient (Wildman–Crippen LogP) is 2.73. The quantitative estimate of drug-likeness (QED) is 0.925. The molecule has 2 atom stereocenters. The molecular weight excluding hydrogens is 246 g/mol. The van der Waals surface area contributed by atoms with Gasteiger partial charge in [-0.3, -0.25) is 9.97 Å². The van der Waals surface area contributed by atoms with Crippen LogP contribution < -0.4 is 5.32 Å². The summed E-state index contributed by atoms with van der Waals surface area (Å²) in [7, 11) is 2.05. The van der Waals surface area contributed by atoms with E-state index in [0.29, 0.717) is 12.0 Å². The zero-order valence-corrected chi connectivity index (χ0v) is 11.9. The second-order valence-corrected chi connectivity index (χ2v) is 5.51. The van der Waals surface area contributed by atoms with Crippen molar-refractivity contribution in [2.45, 2.75) is 37.6 Å². The van der Waals surface area contributed by atoms with E-state index in [1.807, 2.05) is 24.7 Å². The van der Waals surface area contributed by atoms with Crippen LogP contribution in [0.4, 0.5) is 0 Å². The summed E-state index contributed by atoms with van der Waals surface area (Å²) < 4.78 is 0. The lowest BCUT2D eigenvalue weighted by molar-refractivity contribution is 0.402. The molecule has 0 amide bonds. The zero-order chi connectivity index (χ0) is 13.8. The van der Waals surface area contributed by atoms with Crippen molar-refractivity contribution in [3.63, 3.8) is 0 Å². The molecule has 2 heterocycles. The average Bonchev–Trinajstić information content (AvgIpc) is 2.53. The highest BCUT2D eigenvalue weighted by Gasteiger charge is 2.28. The first-order chi connectivity index (χ1) is 9.88. The number of rotatable bonds is 4. The van der Waals surface area contributed by atoms with Gasteiger partial charge in [0.05, 0.1) is 0 Å². The molecule has 2 unspecified atom stereocenters. The molecular formula is C17H21N3. The number of fused-ring (bicyclic) bond motifs is 1. The van der Waals surface area contributed by atoms with Gasteiger partial charge in [-0.05, 0) is 56.0 Å². The fourth-order valence-corrected chi connectivity index (χ4v) is 3.26. The van der Waals surface area contributed by atoms with Crippen LogP contribution in [0.1, 0.15) is 35.6 Å². The van der Waals surface area contributed by atoms with Crippen LogP contribution in [0, 0.1) is 0 Å². The monoisotopic (exact) mass is 267 g/mol. The topological polar surface area (TPSA) is 37.8 Å². The van der Waals surface area contributed by atoms with Gasteiger partial charge in [0.2, 0.25) is 0 Å². The van der Waals surface area contributed by atoms with Gasteiger partial charge in [-0.1, -0.05) is 12.1 Å². The van der Waals surface area contributed by atoms with Crippen molar-refractivity contribution in [1.82, 2.24) is 15.3 Å². The molecule has 0 bridgehead atoms. The number of aromatic nitrogens is 2. The maximum Gasteiger partial charge on any atom is 0.0482 e. The summed E-state index contributed by atoms with van der Waals surface area (Å²) in [6.07, 6.45) is 10.4. The molecule has 1 N–H and O–H groups in total. The summed E-state index contributed by atoms with van der Waals surface area (Å²) in [4.78, 5) is 8.87. The van der Waals surface area contributed by atoms with Gasteiger partial charge in [-0.15, -0.1) is 0 Å². The lowest BCUT2D eigenvalue weighted by Gasteiger charge is -2.31. The second kappa shape index (κ2) is 6.14. The molecule has 3 rings (SSSR count). The van der Waals surface area contributed by atoms with E-state index >= 15 is 0 Å². The largest absolute Gasteiger partial charge is 0.316 e. The maximum absolute atomic E-state index is 4.66. The molecule has 1 aliphatic rings. The number of nitrogens with zero attached hydrogens (tertiary/aromatic N) is 2. The smallest absolute Gasteiger partial charge is 0.0482 e. The van der Waals surface area contributed by atoms with Crippen molar-refractivity contribution in [3.8, 4) is 0 Å². The number of nitrogens with one attached hydrogen (secondary N) is 1. The standard InChI is InChI=1S/C17H21N3/c1-18-16(11-13-5-3-9-19-12-13)15-8-2-6-14-7-4-10-20-17(14)15/h3-5,7,9-10,12,15-16,18H,2,6,8,11H2,1H3. The Labute approximate surface area is 120 Å². The van der Waals surface area contributed by atoms with Gasteiger partial charge in [0.15, 0.2) is 0 Å². The van der Waals surface area contributed by atoms with E-state index in [1.54, 1.807) is 0 Å². The van der Waals surface area contributed by atoms with E-state index in [0.717, 1.165) is 6.42 Å². The fraction of sp³-hybridized carbons (Fsp3) is 0.412. The van der Waals surface area contributed by atoms with Crippen molar-refractivity contribution in [1.29, 1.82) is 0 Å². The Balaban J connectivity index is 1.84. The van der Waals surface area contributed by atoms with E-state index in [4.69, 9.17) is 0 Å². The second-order valence-electron chi connectivity index (χ2n) is 5.51. The summed E-state index contributed by atoms with van der Waals surface area (Å²) in [6.45, 7) is 0.